The normalized spacial score (nSPS) is 11.7. The number of H-pyrrole nitrogens is 3. The van der Waals surface area contributed by atoms with Crippen molar-refractivity contribution in [2.75, 3.05) is 32.5 Å². The van der Waals surface area contributed by atoms with Crippen molar-refractivity contribution in [1.29, 1.82) is 0 Å². The molecule has 0 aliphatic heterocycles. The van der Waals surface area contributed by atoms with E-state index in [0.717, 1.165) is 51.2 Å². The number of hydrogen-bond donors (Lipinski definition) is 4. The average molecular weight is 482 g/mol. The van der Waals surface area contributed by atoms with Crippen LogP contribution < -0.4 is 5.32 Å². The quantitative estimate of drug-likeness (QED) is 0.263. The summed E-state index contributed by atoms with van der Waals surface area (Å²) in [6.07, 6.45) is 3.52. The number of rotatable bonds is 7. The van der Waals surface area contributed by atoms with E-state index in [1.165, 1.54) is 12.1 Å². The van der Waals surface area contributed by atoms with E-state index in [9.17, 15) is 4.39 Å². The van der Waals surface area contributed by atoms with Crippen LogP contribution in [0.15, 0.2) is 60.9 Å². The first kappa shape index (κ1) is 21.9. The number of nitrogens with one attached hydrogen (secondary N) is 4. The van der Waals surface area contributed by atoms with E-state index in [1.807, 2.05) is 50.5 Å². The summed E-state index contributed by atoms with van der Waals surface area (Å²) in [7, 11) is 4.01. The van der Waals surface area contributed by atoms with Gasteiger partial charge in [0.25, 0.3) is 0 Å². The molecule has 4 N–H and O–H groups in total. The molecule has 0 aliphatic carbocycles. The molecule has 36 heavy (non-hydrogen) atoms. The molecule has 0 saturated heterocycles. The monoisotopic (exact) mass is 481 g/mol. The number of aromatic nitrogens is 7. The van der Waals surface area contributed by atoms with Gasteiger partial charge in [0.05, 0.1) is 28.4 Å². The number of nitrogens with zero attached hydrogens (tertiary/aromatic N) is 5. The molecule has 2 aromatic carbocycles. The van der Waals surface area contributed by atoms with E-state index >= 15 is 0 Å². The van der Waals surface area contributed by atoms with Crippen LogP contribution in [0.5, 0.6) is 0 Å². The predicted octanol–water partition coefficient (Wildman–Crippen LogP) is 4.67. The summed E-state index contributed by atoms with van der Waals surface area (Å²) in [5.41, 5.74) is 7.66. The molecular formula is C26H24FN9. The van der Waals surface area contributed by atoms with Crippen molar-refractivity contribution >= 4 is 27.8 Å². The number of imidazole rings is 1. The highest BCUT2D eigenvalue weighted by atomic mass is 19.1. The van der Waals surface area contributed by atoms with Crippen LogP contribution in [-0.4, -0.2) is 67.4 Å². The van der Waals surface area contributed by atoms with Crippen LogP contribution in [-0.2, 0) is 0 Å². The van der Waals surface area contributed by atoms with Gasteiger partial charge < -0.3 is 15.2 Å². The van der Waals surface area contributed by atoms with E-state index in [1.54, 1.807) is 12.4 Å². The van der Waals surface area contributed by atoms with Crippen LogP contribution in [0.25, 0.3) is 56.0 Å². The van der Waals surface area contributed by atoms with Crippen molar-refractivity contribution in [2.24, 2.45) is 0 Å². The fraction of sp³-hybridized carbons (Fsp3) is 0.154. The second kappa shape index (κ2) is 8.90. The number of hydrogen-bond acceptors (Lipinski definition) is 6. The zero-order valence-corrected chi connectivity index (χ0v) is 19.8. The van der Waals surface area contributed by atoms with Crippen molar-refractivity contribution in [1.82, 2.24) is 40.2 Å². The number of aromatic amines is 3. The van der Waals surface area contributed by atoms with E-state index in [4.69, 9.17) is 9.97 Å². The maximum atomic E-state index is 14.5. The second-order valence-electron chi connectivity index (χ2n) is 8.90. The Labute approximate surface area is 205 Å². The van der Waals surface area contributed by atoms with E-state index in [0.29, 0.717) is 23.6 Å². The summed E-state index contributed by atoms with van der Waals surface area (Å²) in [5, 5.41) is 17.6. The Hall–Kier alpha value is -4.57. The van der Waals surface area contributed by atoms with Crippen molar-refractivity contribution in [3.8, 4) is 33.9 Å². The molecule has 0 bridgehead atoms. The Morgan fingerprint density at radius 2 is 1.89 bits per heavy atom. The Morgan fingerprint density at radius 3 is 2.72 bits per heavy atom. The van der Waals surface area contributed by atoms with Crippen LogP contribution in [0.4, 0.5) is 10.1 Å². The molecule has 0 unspecified atom stereocenters. The van der Waals surface area contributed by atoms with Gasteiger partial charge in [0, 0.05) is 36.1 Å². The smallest absolute Gasteiger partial charge is 0.161 e. The second-order valence-corrected chi connectivity index (χ2v) is 8.90. The number of halogens is 1. The lowest BCUT2D eigenvalue weighted by Crippen LogP contribution is -2.20. The van der Waals surface area contributed by atoms with Gasteiger partial charge in [0.15, 0.2) is 11.5 Å². The number of pyridine rings is 1. The van der Waals surface area contributed by atoms with Crippen LogP contribution in [0.3, 0.4) is 0 Å². The summed E-state index contributed by atoms with van der Waals surface area (Å²) in [6.45, 7) is 1.56. The molecule has 9 nitrogen and oxygen atoms in total. The van der Waals surface area contributed by atoms with Crippen LogP contribution in [0, 0.1) is 5.82 Å². The predicted molar refractivity (Wildman–Crippen MR) is 139 cm³/mol. The third kappa shape index (κ3) is 4.07. The number of anilines is 1. The van der Waals surface area contributed by atoms with Gasteiger partial charge >= 0.3 is 0 Å². The molecule has 10 heteroatoms. The standard InChI is InChI=1S/C26H24FN9/c1-36(2)9-8-28-18-11-15(10-17(27)12-18)19-4-3-5-21-23(19)33-26(32-21)25-24-22(34-35-25)7-6-20(31-24)16-13-29-30-14-16/h3-7,10-14,28H,8-9H2,1-2H3,(H,29,30)(H,32,33)(H,34,35). The number of para-hydroxylation sites is 1. The minimum absolute atomic E-state index is 0.304. The molecule has 0 saturated carbocycles. The van der Waals surface area contributed by atoms with Gasteiger partial charge in [0.1, 0.15) is 11.3 Å². The summed E-state index contributed by atoms with van der Waals surface area (Å²) < 4.78 is 14.5. The molecule has 0 atom stereocenters. The van der Waals surface area contributed by atoms with E-state index < -0.39 is 0 Å². The van der Waals surface area contributed by atoms with Crippen molar-refractivity contribution in [3.63, 3.8) is 0 Å². The lowest BCUT2D eigenvalue weighted by Gasteiger charge is -2.13. The molecule has 6 aromatic rings. The molecule has 0 fully saturated rings. The first-order valence-corrected chi connectivity index (χ1v) is 11.6. The molecule has 4 heterocycles. The Kier molecular flexibility index (Phi) is 5.42. The summed E-state index contributed by atoms with van der Waals surface area (Å²) >= 11 is 0. The van der Waals surface area contributed by atoms with Crippen molar-refractivity contribution < 1.29 is 4.39 Å². The minimum atomic E-state index is -0.304. The summed E-state index contributed by atoms with van der Waals surface area (Å²) in [6, 6.07) is 14.7. The van der Waals surface area contributed by atoms with Gasteiger partial charge in [-0.3, -0.25) is 10.2 Å². The molecule has 180 valence electrons. The maximum absolute atomic E-state index is 14.5. The minimum Gasteiger partial charge on any atom is -0.384 e. The summed E-state index contributed by atoms with van der Waals surface area (Å²) in [4.78, 5) is 15.1. The highest BCUT2D eigenvalue weighted by Gasteiger charge is 2.17. The van der Waals surface area contributed by atoms with Crippen LogP contribution >= 0.6 is 0 Å². The number of fused-ring (bicyclic) bond motifs is 2. The maximum Gasteiger partial charge on any atom is 0.161 e. The summed E-state index contributed by atoms with van der Waals surface area (Å²) in [5.74, 6) is 0.281. The van der Waals surface area contributed by atoms with Gasteiger partial charge in [-0.25, -0.2) is 14.4 Å². The largest absolute Gasteiger partial charge is 0.384 e. The fourth-order valence-electron chi connectivity index (χ4n) is 4.26. The molecule has 0 spiro atoms. The topological polar surface area (TPSA) is 114 Å². The van der Waals surface area contributed by atoms with Crippen LogP contribution in [0.2, 0.25) is 0 Å². The van der Waals surface area contributed by atoms with E-state index in [-0.39, 0.29) is 5.82 Å². The highest BCUT2D eigenvalue weighted by Crippen LogP contribution is 2.33. The Bertz CT molecular complexity index is 1660. The van der Waals surface area contributed by atoms with Crippen LogP contribution in [0.1, 0.15) is 0 Å². The molecule has 4 aromatic heterocycles. The highest BCUT2D eigenvalue weighted by molar-refractivity contribution is 5.96. The Balaban J connectivity index is 1.41. The molecule has 0 aliphatic rings. The lowest BCUT2D eigenvalue weighted by atomic mass is 10.0. The first-order chi connectivity index (χ1) is 17.5. The Morgan fingerprint density at radius 1 is 0.972 bits per heavy atom. The van der Waals surface area contributed by atoms with Gasteiger partial charge in [-0.05, 0) is 56.1 Å². The average Bonchev–Trinajstić information content (AvgIpc) is 3.62. The zero-order valence-electron chi connectivity index (χ0n) is 19.8. The zero-order chi connectivity index (χ0) is 24.6. The van der Waals surface area contributed by atoms with Crippen molar-refractivity contribution in [2.45, 2.75) is 0 Å². The number of benzene rings is 2. The fourth-order valence-corrected chi connectivity index (χ4v) is 4.26. The van der Waals surface area contributed by atoms with E-state index in [2.05, 4.69) is 35.6 Å². The van der Waals surface area contributed by atoms with Crippen molar-refractivity contribution in [3.05, 3.63) is 66.7 Å². The third-order valence-corrected chi connectivity index (χ3v) is 6.04. The molecule has 0 radical (unpaired) electrons. The molecular weight excluding hydrogens is 457 g/mol. The van der Waals surface area contributed by atoms with Gasteiger partial charge in [0.2, 0.25) is 0 Å². The lowest BCUT2D eigenvalue weighted by molar-refractivity contribution is 0.425. The first-order valence-electron chi connectivity index (χ1n) is 11.6. The molecule has 6 rings (SSSR count). The number of likely N-dealkylation sites (N-methyl/N-ethyl adjacent to an activating group) is 1. The third-order valence-electron chi connectivity index (χ3n) is 6.04. The molecule has 0 amide bonds. The van der Waals surface area contributed by atoms with Gasteiger partial charge in [-0.15, -0.1) is 0 Å². The SMILES string of the molecule is CN(C)CCNc1cc(F)cc(-c2cccc3[nH]c(-c4n[nH]c5ccc(-c6cn[nH]c6)nc45)nc23)c1. The van der Waals surface area contributed by atoms with Gasteiger partial charge in [-0.1, -0.05) is 12.1 Å². The van der Waals surface area contributed by atoms with Gasteiger partial charge in [-0.2, -0.15) is 10.2 Å².